The lowest BCUT2D eigenvalue weighted by molar-refractivity contribution is -0.124. The minimum Gasteiger partial charge on any atom is -0.348 e. The molecule has 2 aromatic rings. The highest BCUT2D eigenvalue weighted by Gasteiger charge is 2.52. The number of hydrogen-bond donors (Lipinski definition) is 0. The lowest BCUT2D eigenvalue weighted by Crippen LogP contribution is -2.49. The van der Waals surface area contributed by atoms with Crippen LogP contribution in [0.3, 0.4) is 0 Å². The number of fused-ring (bicyclic) bond motifs is 2. The molecule has 1 saturated carbocycles. The van der Waals surface area contributed by atoms with Crippen LogP contribution in [0, 0.1) is 5.92 Å². The van der Waals surface area contributed by atoms with Crippen molar-refractivity contribution >= 4 is 28.1 Å². The summed E-state index contributed by atoms with van der Waals surface area (Å²) in [7, 11) is 0. The van der Waals surface area contributed by atoms with Crippen LogP contribution in [0.5, 0.6) is 0 Å². The summed E-state index contributed by atoms with van der Waals surface area (Å²) in [5, 5.41) is 3.10. The second-order valence-corrected chi connectivity index (χ2v) is 8.13. The number of carbonyl (C=O) groups is 1. The zero-order valence-electron chi connectivity index (χ0n) is 13.6. The highest BCUT2D eigenvalue weighted by molar-refractivity contribution is 7.13. The third-order valence-corrected chi connectivity index (χ3v) is 6.64. The molecule has 4 nitrogen and oxygen atoms in total. The van der Waals surface area contributed by atoms with Gasteiger partial charge in [0.1, 0.15) is 0 Å². The molecular weight excluding hydrogens is 318 g/mol. The molecule has 1 aliphatic carbocycles. The van der Waals surface area contributed by atoms with Crippen LogP contribution in [-0.4, -0.2) is 30.5 Å². The van der Waals surface area contributed by atoms with E-state index < -0.39 is 0 Å². The lowest BCUT2D eigenvalue weighted by Gasteiger charge is -2.38. The van der Waals surface area contributed by atoms with Crippen molar-refractivity contribution in [3.05, 3.63) is 41.4 Å². The van der Waals surface area contributed by atoms with Crippen molar-refractivity contribution in [1.82, 2.24) is 4.98 Å². The van der Waals surface area contributed by atoms with Gasteiger partial charge in [0.05, 0.1) is 5.41 Å². The van der Waals surface area contributed by atoms with E-state index in [4.69, 9.17) is 0 Å². The second kappa shape index (κ2) is 5.31. The molecule has 24 heavy (non-hydrogen) atoms. The molecule has 0 atom stereocenters. The molecule has 0 radical (unpaired) electrons. The van der Waals surface area contributed by atoms with E-state index in [0.717, 1.165) is 43.3 Å². The third kappa shape index (κ3) is 2.10. The van der Waals surface area contributed by atoms with E-state index in [1.54, 1.807) is 11.3 Å². The van der Waals surface area contributed by atoms with E-state index in [9.17, 15) is 4.79 Å². The molecular formula is C19H21N3OS. The van der Waals surface area contributed by atoms with Crippen molar-refractivity contribution in [3.63, 3.8) is 0 Å². The highest BCUT2D eigenvalue weighted by atomic mass is 32.1. The maximum Gasteiger partial charge on any atom is 0.237 e. The van der Waals surface area contributed by atoms with Crippen LogP contribution in [-0.2, 0) is 10.2 Å². The predicted molar refractivity (Wildman–Crippen MR) is 96.8 cm³/mol. The van der Waals surface area contributed by atoms with Crippen molar-refractivity contribution in [3.8, 4) is 0 Å². The summed E-state index contributed by atoms with van der Waals surface area (Å²) >= 11 is 1.68. The Morgan fingerprint density at radius 2 is 2.00 bits per heavy atom. The Morgan fingerprint density at radius 1 is 1.21 bits per heavy atom. The Kier molecular flexibility index (Phi) is 3.20. The zero-order chi connectivity index (χ0) is 16.1. The van der Waals surface area contributed by atoms with Crippen LogP contribution in [0.15, 0.2) is 35.8 Å². The fourth-order valence-corrected chi connectivity index (χ4v) is 4.97. The predicted octanol–water partition coefficient (Wildman–Crippen LogP) is 3.44. The van der Waals surface area contributed by atoms with Gasteiger partial charge in [0.25, 0.3) is 0 Å². The third-order valence-electron chi connectivity index (χ3n) is 5.81. The summed E-state index contributed by atoms with van der Waals surface area (Å²) in [4.78, 5) is 22.2. The van der Waals surface area contributed by atoms with Gasteiger partial charge in [-0.1, -0.05) is 18.2 Å². The van der Waals surface area contributed by atoms with Crippen molar-refractivity contribution in [2.24, 2.45) is 5.92 Å². The van der Waals surface area contributed by atoms with E-state index in [1.165, 1.54) is 18.4 Å². The molecule has 1 aromatic carbocycles. The van der Waals surface area contributed by atoms with E-state index in [-0.39, 0.29) is 5.41 Å². The maximum absolute atomic E-state index is 13.4. The smallest absolute Gasteiger partial charge is 0.237 e. The summed E-state index contributed by atoms with van der Waals surface area (Å²) in [6, 6.07) is 8.47. The van der Waals surface area contributed by atoms with Gasteiger partial charge in [-0.05, 0) is 43.2 Å². The number of anilines is 2. The first-order chi connectivity index (χ1) is 11.8. The number of hydrogen-bond acceptors (Lipinski definition) is 4. The molecule has 3 aliphatic rings. The van der Waals surface area contributed by atoms with Gasteiger partial charge in [0.15, 0.2) is 5.13 Å². The minimum absolute atomic E-state index is 0.306. The van der Waals surface area contributed by atoms with Crippen LogP contribution in [0.4, 0.5) is 10.8 Å². The summed E-state index contributed by atoms with van der Waals surface area (Å²) in [5.41, 5.74) is 2.12. The number of para-hydroxylation sites is 1. The highest BCUT2D eigenvalue weighted by Crippen LogP contribution is 2.49. The van der Waals surface area contributed by atoms with E-state index >= 15 is 0 Å². The lowest BCUT2D eigenvalue weighted by atomic mass is 9.74. The normalized spacial score (nSPS) is 22.2. The van der Waals surface area contributed by atoms with Crippen LogP contribution in [0.2, 0.25) is 0 Å². The largest absolute Gasteiger partial charge is 0.348 e. The molecule has 2 fully saturated rings. The first-order valence-electron chi connectivity index (χ1n) is 8.84. The Balaban J connectivity index is 1.46. The summed E-state index contributed by atoms with van der Waals surface area (Å²) in [6.45, 7) is 2.73. The molecule has 0 bridgehead atoms. The van der Waals surface area contributed by atoms with Gasteiger partial charge >= 0.3 is 0 Å². The maximum atomic E-state index is 13.4. The van der Waals surface area contributed by atoms with Gasteiger partial charge in [0.2, 0.25) is 5.91 Å². The van der Waals surface area contributed by atoms with Gasteiger partial charge in [-0.25, -0.2) is 4.98 Å². The fourth-order valence-electron chi connectivity index (χ4n) is 4.27. The molecule has 2 aliphatic heterocycles. The average Bonchev–Trinajstić information content (AvgIpc) is 3.23. The second-order valence-electron chi connectivity index (χ2n) is 7.26. The molecule has 1 amide bonds. The number of piperidine rings is 1. The molecule has 1 aromatic heterocycles. The molecule has 1 saturated heterocycles. The minimum atomic E-state index is -0.306. The fraction of sp³-hybridized carbons (Fsp3) is 0.474. The first kappa shape index (κ1) is 14.5. The molecule has 5 heteroatoms. The van der Waals surface area contributed by atoms with Crippen molar-refractivity contribution in [2.75, 3.05) is 29.4 Å². The van der Waals surface area contributed by atoms with Gasteiger partial charge in [-0.2, -0.15) is 0 Å². The molecule has 0 unspecified atom stereocenters. The Labute approximate surface area is 146 Å². The SMILES string of the molecule is O=C1N(CC2CC2)c2ccccc2C12CCN(c1nccs1)CC2. The van der Waals surface area contributed by atoms with Gasteiger partial charge in [-0.15, -0.1) is 11.3 Å². The Morgan fingerprint density at radius 3 is 2.71 bits per heavy atom. The zero-order valence-corrected chi connectivity index (χ0v) is 14.5. The Bertz CT molecular complexity index is 761. The average molecular weight is 339 g/mol. The van der Waals surface area contributed by atoms with Gasteiger partial charge in [0, 0.05) is 36.9 Å². The molecule has 3 heterocycles. The monoisotopic (exact) mass is 339 g/mol. The van der Waals surface area contributed by atoms with Crippen LogP contribution in [0.1, 0.15) is 31.2 Å². The van der Waals surface area contributed by atoms with Crippen molar-refractivity contribution < 1.29 is 4.79 Å². The van der Waals surface area contributed by atoms with Crippen molar-refractivity contribution in [1.29, 1.82) is 0 Å². The van der Waals surface area contributed by atoms with Gasteiger partial charge < -0.3 is 9.80 Å². The van der Waals surface area contributed by atoms with E-state index in [2.05, 4.69) is 39.0 Å². The molecule has 1 spiro atoms. The first-order valence-corrected chi connectivity index (χ1v) is 9.72. The quantitative estimate of drug-likeness (QED) is 0.859. The number of amides is 1. The molecule has 0 N–H and O–H groups in total. The van der Waals surface area contributed by atoms with Crippen molar-refractivity contribution in [2.45, 2.75) is 31.1 Å². The summed E-state index contributed by atoms with van der Waals surface area (Å²) in [6.07, 6.45) is 6.19. The van der Waals surface area contributed by atoms with E-state index in [1.807, 2.05) is 11.6 Å². The Hall–Kier alpha value is -1.88. The van der Waals surface area contributed by atoms with Crippen LogP contribution >= 0.6 is 11.3 Å². The number of aromatic nitrogens is 1. The topological polar surface area (TPSA) is 36.4 Å². The standard InChI is InChI=1S/C19H21N3OS/c23-17-19(7-10-21(11-8-19)18-20-9-12-24-18)15-3-1-2-4-16(15)22(17)13-14-5-6-14/h1-4,9,12,14H,5-8,10-11,13H2. The van der Waals surface area contributed by atoms with E-state index in [0.29, 0.717) is 11.8 Å². The summed E-state index contributed by atoms with van der Waals surface area (Å²) in [5.74, 6) is 1.06. The number of rotatable bonds is 3. The number of benzene rings is 1. The molecule has 5 rings (SSSR count). The summed E-state index contributed by atoms with van der Waals surface area (Å²) < 4.78 is 0. The number of thiazole rings is 1. The van der Waals surface area contributed by atoms with Crippen LogP contribution in [0.25, 0.3) is 0 Å². The van der Waals surface area contributed by atoms with Gasteiger partial charge in [-0.3, -0.25) is 4.79 Å². The molecule has 124 valence electrons. The number of nitrogens with zero attached hydrogens (tertiary/aromatic N) is 3. The number of carbonyl (C=O) groups excluding carboxylic acids is 1. The van der Waals surface area contributed by atoms with Crippen LogP contribution < -0.4 is 9.80 Å².